The van der Waals surface area contributed by atoms with Gasteiger partial charge in [-0.15, -0.1) is 0 Å². The summed E-state index contributed by atoms with van der Waals surface area (Å²) in [6, 6.07) is 0. The summed E-state index contributed by atoms with van der Waals surface area (Å²) in [5, 5.41) is 17.9. The number of aliphatic hydroxyl groups is 1. The summed E-state index contributed by atoms with van der Waals surface area (Å²) in [5.41, 5.74) is 0.741. The molecule has 1 aromatic heterocycles. The van der Waals surface area contributed by atoms with E-state index in [0.717, 1.165) is 0 Å². The summed E-state index contributed by atoms with van der Waals surface area (Å²) >= 11 is 5.69. The van der Waals surface area contributed by atoms with Crippen LogP contribution >= 0.6 is 11.6 Å². The van der Waals surface area contributed by atoms with Crippen LogP contribution in [0.2, 0.25) is 5.02 Å². The number of aromatic carboxylic acids is 1. The van der Waals surface area contributed by atoms with Crippen LogP contribution in [0.1, 0.15) is 21.6 Å². The molecule has 2 N–H and O–H groups in total. The molecule has 0 saturated carbocycles. The molecule has 0 bridgehead atoms. The van der Waals surface area contributed by atoms with Crippen molar-refractivity contribution in [1.29, 1.82) is 0 Å². The minimum atomic E-state index is -1.12. The number of pyridine rings is 1. The number of hydrogen-bond donors (Lipinski definition) is 2. The van der Waals surface area contributed by atoms with E-state index in [4.69, 9.17) is 21.8 Å². The molecule has 0 saturated heterocycles. The molecule has 13 heavy (non-hydrogen) atoms. The summed E-state index contributed by atoms with van der Waals surface area (Å²) in [4.78, 5) is 14.3. The van der Waals surface area contributed by atoms with Crippen LogP contribution in [0.4, 0.5) is 0 Å². The van der Waals surface area contributed by atoms with Crippen molar-refractivity contribution in [1.82, 2.24) is 4.98 Å². The molecule has 0 spiro atoms. The topological polar surface area (TPSA) is 70.4 Å². The molecule has 0 fully saturated rings. The van der Waals surface area contributed by atoms with Crippen molar-refractivity contribution in [3.05, 3.63) is 28.0 Å². The van der Waals surface area contributed by atoms with Gasteiger partial charge >= 0.3 is 5.97 Å². The fraction of sp³-hybridized carbons (Fsp3) is 0.250. The predicted molar refractivity (Wildman–Crippen MR) is 46.9 cm³/mol. The molecule has 0 aliphatic rings. The van der Waals surface area contributed by atoms with Gasteiger partial charge < -0.3 is 10.2 Å². The van der Waals surface area contributed by atoms with Crippen molar-refractivity contribution in [2.24, 2.45) is 0 Å². The first-order chi connectivity index (χ1) is 6.07. The number of carboxylic acid groups (broad SMARTS) is 1. The normalized spacial score (nSPS) is 10.1. The van der Waals surface area contributed by atoms with Crippen molar-refractivity contribution in [3.8, 4) is 0 Å². The average Bonchev–Trinajstić information content (AvgIpc) is 2.04. The number of rotatable bonds is 2. The highest BCUT2D eigenvalue weighted by molar-refractivity contribution is 6.31. The molecule has 4 nitrogen and oxygen atoms in total. The van der Waals surface area contributed by atoms with Crippen LogP contribution in [-0.2, 0) is 6.61 Å². The van der Waals surface area contributed by atoms with Crippen LogP contribution < -0.4 is 0 Å². The Labute approximate surface area is 79.8 Å². The van der Waals surface area contributed by atoms with Gasteiger partial charge in [0, 0.05) is 11.8 Å². The Kier molecular flexibility index (Phi) is 2.85. The quantitative estimate of drug-likeness (QED) is 0.755. The van der Waals surface area contributed by atoms with Crippen molar-refractivity contribution >= 4 is 17.6 Å². The van der Waals surface area contributed by atoms with Crippen LogP contribution in [-0.4, -0.2) is 21.2 Å². The van der Waals surface area contributed by atoms with Crippen molar-refractivity contribution < 1.29 is 15.0 Å². The molecule has 1 aromatic rings. The van der Waals surface area contributed by atoms with Gasteiger partial charge in [-0.2, -0.15) is 0 Å². The predicted octanol–water partition coefficient (Wildman–Crippen LogP) is 1.23. The lowest BCUT2D eigenvalue weighted by Crippen LogP contribution is -2.06. The lowest BCUT2D eigenvalue weighted by Gasteiger charge is -2.06. The Morgan fingerprint density at radius 3 is 2.77 bits per heavy atom. The zero-order chi connectivity index (χ0) is 10.0. The molecule has 5 heteroatoms. The van der Waals surface area contributed by atoms with E-state index in [1.807, 2.05) is 0 Å². The fourth-order valence-corrected chi connectivity index (χ4v) is 1.28. The first-order valence-corrected chi connectivity index (χ1v) is 3.93. The maximum absolute atomic E-state index is 10.6. The van der Waals surface area contributed by atoms with Gasteiger partial charge in [0.25, 0.3) is 0 Å². The molecule has 0 aliphatic heterocycles. The Morgan fingerprint density at radius 1 is 1.69 bits per heavy atom. The number of aliphatic hydroxyl groups excluding tert-OH is 1. The largest absolute Gasteiger partial charge is 0.477 e. The smallest absolute Gasteiger partial charge is 0.354 e. The summed E-state index contributed by atoms with van der Waals surface area (Å²) < 4.78 is 0. The molecule has 70 valence electrons. The highest BCUT2D eigenvalue weighted by Crippen LogP contribution is 2.20. The lowest BCUT2D eigenvalue weighted by atomic mass is 10.1. The third-order valence-electron chi connectivity index (χ3n) is 1.76. The average molecular weight is 202 g/mol. The van der Waals surface area contributed by atoms with Gasteiger partial charge in [0.1, 0.15) is 0 Å². The Morgan fingerprint density at radius 2 is 2.31 bits per heavy atom. The number of hydrogen-bond acceptors (Lipinski definition) is 3. The number of aromatic nitrogens is 1. The van der Waals surface area contributed by atoms with Crippen molar-refractivity contribution in [2.45, 2.75) is 13.5 Å². The standard InChI is InChI=1S/C8H8ClNO3/c1-4-5(3-11)6(9)2-10-7(4)8(12)13/h2,11H,3H2,1H3,(H,12,13). The van der Waals surface area contributed by atoms with Crippen LogP contribution in [0.15, 0.2) is 6.20 Å². The SMILES string of the molecule is Cc1c(C(=O)O)ncc(Cl)c1CO. The van der Waals surface area contributed by atoms with Gasteiger partial charge in [-0.25, -0.2) is 9.78 Å². The third kappa shape index (κ3) is 1.79. The molecule has 0 radical (unpaired) electrons. The van der Waals surface area contributed by atoms with Crippen LogP contribution in [0.5, 0.6) is 0 Å². The maximum atomic E-state index is 10.6. The zero-order valence-electron chi connectivity index (χ0n) is 6.91. The molecule has 1 heterocycles. The van der Waals surface area contributed by atoms with E-state index in [1.165, 1.54) is 6.20 Å². The number of carbonyl (C=O) groups is 1. The van der Waals surface area contributed by atoms with Gasteiger partial charge in [-0.1, -0.05) is 11.6 Å². The molecule has 0 amide bonds. The second kappa shape index (κ2) is 3.72. The van der Waals surface area contributed by atoms with Crippen molar-refractivity contribution in [3.63, 3.8) is 0 Å². The van der Waals surface area contributed by atoms with Gasteiger partial charge in [0.2, 0.25) is 0 Å². The Hall–Kier alpha value is -1.13. The summed E-state index contributed by atoms with van der Waals surface area (Å²) in [6.07, 6.45) is 1.23. The summed E-state index contributed by atoms with van der Waals surface area (Å²) in [6.45, 7) is 1.28. The van der Waals surface area contributed by atoms with Gasteiger partial charge in [-0.05, 0) is 12.5 Å². The highest BCUT2D eigenvalue weighted by Gasteiger charge is 2.14. The van der Waals surface area contributed by atoms with Crippen LogP contribution in [0.3, 0.4) is 0 Å². The number of halogens is 1. The van der Waals surface area contributed by atoms with E-state index in [2.05, 4.69) is 4.98 Å². The number of nitrogens with zero attached hydrogens (tertiary/aromatic N) is 1. The molecule has 0 atom stereocenters. The van der Waals surface area contributed by atoms with Crippen molar-refractivity contribution in [2.75, 3.05) is 0 Å². The Bertz CT molecular complexity index is 351. The van der Waals surface area contributed by atoms with Crippen LogP contribution in [0, 0.1) is 6.92 Å². The summed E-state index contributed by atoms with van der Waals surface area (Å²) in [7, 11) is 0. The second-order valence-electron chi connectivity index (χ2n) is 2.52. The fourth-order valence-electron chi connectivity index (χ4n) is 1.03. The maximum Gasteiger partial charge on any atom is 0.354 e. The molecule has 0 aliphatic carbocycles. The molecule has 0 aromatic carbocycles. The van der Waals surface area contributed by atoms with E-state index in [9.17, 15) is 4.79 Å². The molecular formula is C8H8ClNO3. The van der Waals surface area contributed by atoms with Gasteiger partial charge in [0.15, 0.2) is 5.69 Å². The first-order valence-electron chi connectivity index (χ1n) is 3.56. The Balaban J connectivity index is 3.35. The van der Waals surface area contributed by atoms with Gasteiger partial charge in [0.05, 0.1) is 11.6 Å². The van der Waals surface area contributed by atoms with E-state index >= 15 is 0 Å². The molecular weight excluding hydrogens is 194 g/mol. The summed E-state index contributed by atoms with van der Waals surface area (Å²) in [5.74, 6) is -1.12. The second-order valence-corrected chi connectivity index (χ2v) is 2.93. The number of carboxylic acids is 1. The lowest BCUT2D eigenvalue weighted by molar-refractivity contribution is 0.0689. The van der Waals surface area contributed by atoms with E-state index in [1.54, 1.807) is 6.92 Å². The van der Waals surface area contributed by atoms with Crippen LogP contribution in [0.25, 0.3) is 0 Å². The monoisotopic (exact) mass is 201 g/mol. The first kappa shape index (κ1) is 9.95. The van der Waals surface area contributed by atoms with E-state index < -0.39 is 5.97 Å². The minimum absolute atomic E-state index is 0.0755. The van der Waals surface area contributed by atoms with E-state index in [0.29, 0.717) is 11.1 Å². The zero-order valence-corrected chi connectivity index (χ0v) is 7.67. The third-order valence-corrected chi connectivity index (χ3v) is 2.09. The van der Waals surface area contributed by atoms with Gasteiger partial charge in [-0.3, -0.25) is 0 Å². The minimum Gasteiger partial charge on any atom is -0.477 e. The highest BCUT2D eigenvalue weighted by atomic mass is 35.5. The molecule has 0 unspecified atom stereocenters. The van der Waals surface area contributed by atoms with E-state index in [-0.39, 0.29) is 17.3 Å². The molecule has 1 rings (SSSR count).